The topological polar surface area (TPSA) is 91.4 Å². The van der Waals surface area contributed by atoms with Gasteiger partial charge in [0.1, 0.15) is 0 Å². The summed E-state index contributed by atoms with van der Waals surface area (Å²) in [6.45, 7) is 1.47. The molecular formula is C21H18N4O3S. The van der Waals surface area contributed by atoms with E-state index in [0.29, 0.717) is 22.1 Å². The van der Waals surface area contributed by atoms with E-state index in [1.54, 1.807) is 35.7 Å². The molecular weight excluding hydrogens is 388 g/mol. The first-order valence-electron chi connectivity index (χ1n) is 8.69. The maximum Gasteiger partial charge on any atom is 0.269 e. The van der Waals surface area contributed by atoms with Crippen molar-refractivity contribution in [3.05, 3.63) is 83.4 Å². The van der Waals surface area contributed by atoms with Gasteiger partial charge in [0.2, 0.25) is 5.91 Å². The highest BCUT2D eigenvalue weighted by molar-refractivity contribution is 7.14. The average Bonchev–Trinajstić information content (AvgIpc) is 3.20. The Labute approximate surface area is 171 Å². The maximum absolute atomic E-state index is 12.1. The number of amides is 3. The van der Waals surface area contributed by atoms with Crippen LogP contribution in [-0.2, 0) is 9.59 Å². The highest BCUT2D eigenvalue weighted by Gasteiger charge is 2.17. The third kappa shape index (κ3) is 5.36. The summed E-state index contributed by atoms with van der Waals surface area (Å²) in [5.74, 6) is -1.08. The van der Waals surface area contributed by atoms with Crippen LogP contribution in [0.1, 0.15) is 23.0 Å². The summed E-state index contributed by atoms with van der Waals surface area (Å²) >= 11 is 1.29. The molecule has 0 aliphatic carbocycles. The van der Waals surface area contributed by atoms with Crippen LogP contribution in [0.4, 0.5) is 10.8 Å². The van der Waals surface area contributed by atoms with Crippen LogP contribution in [0.25, 0.3) is 6.08 Å². The molecule has 3 amide bonds. The van der Waals surface area contributed by atoms with Crippen LogP contribution in [0.15, 0.2) is 72.1 Å². The first kappa shape index (κ1) is 20.0. The molecule has 3 aromatic rings. The van der Waals surface area contributed by atoms with Gasteiger partial charge in [0.15, 0.2) is 5.13 Å². The summed E-state index contributed by atoms with van der Waals surface area (Å²) < 4.78 is 0. The molecule has 8 heteroatoms. The van der Waals surface area contributed by atoms with E-state index in [9.17, 15) is 14.4 Å². The number of hydrogen-bond donors (Lipinski definition) is 2. The van der Waals surface area contributed by atoms with E-state index < -0.39 is 11.8 Å². The van der Waals surface area contributed by atoms with E-state index in [2.05, 4.69) is 15.8 Å². The number of anilines is 2. The first-order chi connectivity index (χ1) is 14.0. The molecule has 0 spiro atoms. The molecule has 0 unspecified atom stereocenters. The zero-order chi connectivity index (χ0) is 20.6. The van der Waals surface area contributed by atoms with Crippen molar-refractivity contribution in [3.63, 3.8) is 0 Å². The lowest BCUT2D eigenvalue weighted by atomic mass is 10.2. The summed E-state index contributed by atoms with van der Waals surface area (Å²) in [4.78, 5) is 41.8. The van der Waals surface area contributed by atoms with Gasteiger partial charge in [-0.05, 0) is 30.3 Å². The van der Waals surface area contributed by atoms with Crippen molar-refractivity contribution >= 4 is 46.0 Å². The molecule has 2 aromatic carbocycles. The number of benzene rings is 2. The first-order valence-corrected chi connectivity index (χ1v) is 9.57. The number of nitrogens with zero attached hydrogens (tertiary/aromatic N) is 2. The maximum atomic E-state index is 12.1. The molecule has 1 aromatic heterocycles. The number of nitrogens with one attached hydrogen (secondary N) is 2. The molecule has 7 nitrogen and oxygen atoms in total. The number of para-hydroxylation sites is 1. The molecule has 0 fully saturated rings. The Balaban J connectivity index is 1.61. The number of carbonyl (C=O) groups excluding carboxylic acids is 3. The van der Waals surface area contributed by atoms with Crippen LogP contribution < -0.4 is 15.8 Å². The molecule has 0 saturated carbocycles. The van der Waals surface area contributed by atoms with Gasteiger partial charge >= 0.3 is 0 Å². The smallest absolute Gasteiger partial charge is 0.269 e. The van der Waals surface area contributed by atoms with Gasteiger partial charge in [0.25, 0.3) is 11.8 Å². The number of carbonyl (C=O) groups is 3. The van der Waals surface area contributed by atoms with Crippen molar-refractivity contribution in [1.29, 1.82) is 0 Å². The lowest BCUT2D eigenvalue weighted by Gasteiger charge is -2.17. The van der Waals surface area contributed by atoms with Crippen molar-refractivity contribution in [1.82, 2.24) is 15.8 Å². The average molecular weight is 406 g/mol. The highest BCUT2D eigenvalue weighted by atomic mass is 32.1. The lowest BCUT2D eigenvalue weighted by molar-refractivity contribution is -0.117. The van der Waals surface area contributed by atoms with E-state index in [4.69, 9.17) is 0 Å². The summed E-state index contributed by atoms with van der Waals surface area (Å²) in [5, 5.41) is 2.24. The molecule has 146 valence electrons. The van der Waals surface area contributed by atoms with E-state index >= 15 is 0 Å². The van der Waals surface area contributed by atoms with E-state index in [-0.39, 0.29) is 5.91 Å². The lowest BCUT2D eigenvalue weighted by Crippen LogP contribution is -2.40. The third-order valence-electron chi connectivity index (χ3n) is 3.77. The molecule has 0 atom stereocenters. The van der Waals surface area contributed by atoms with Crippen molar-refractivity contribution in [2.24, 2.45) is 0 Å². The fourth-order valence-corrected chi connectivity index (χ4v) is 3.30. The van der Waals surface area contributed by atoms with Gasteiger partial charge in [-0.3, -0.25) is 30.1 Å². The van der Waals surface area contributed by atoms with Crippen molar-refractivity contribution in [3.8, 4) is 0 Å². The predicted octanol–water partition coefficient (Wildman–Crippen LogP) is 3.30. The van der Waals surface area contributed by atoms with Crippen LogP contribution in [-0.4, -0.2) is 22.7 Å². The molecule has 0 radical (unpaired) electrons. The summed E-state index contributed by atoms with van der Waals surface area (Å²) in [5.41, 5.74) is 6.32. The molecule has 0 bridgehead atoms. The van der Waals surface area contributed by atoms with Gasteiger partial charge in [0, 0.05) is 23.9 Å². The Bertz CT molecular complexity index is 1030. The van der Waals surface area contributed by atoms with Crippen LogP contribution in [0.3, 0.4) is 0 Å². The Morgan fingerprint density at radius 3 is 2.28 bits per heavy atom. The van der Waals surface area contributed by atoms with Gasteiger partial charge in [-0.1, -0.05) is 36.4 Å². The molecule has 29 heavy (non-hydrogen) atoms. The highest BCUT2D eigenvalue weighted by Crippen LogP contribution is 2.28. The van der Waals surface area contributed by atoms with Crippen molar-refractivity contribution in [2.45, 2.75) is 6.92 Å². The predicted molar refractivity (Wildman–Crippen MR) is 112 cm³/mol. The zero-order valence-electron chi connectivity index (χ0n) is 15.5. The van der Waals surface area contributed by atoms with Gasteiger partial charge in [-0.25, -0.2) is 4.98 Å². The fourth-order valence-electron chi connectivity index (χ4n) is 2.44. The Hall–Kier alpha value is -3.78. The van der Waals surface area contributed by atoms with Gasteiger partial charge in [-0.2, -0.15) is 0 Å². The molecule has 0 aliphatic heterocycles. The van der Waals surface area contributed by atoms with E-state index in [1.165, 1.54) is 35.3 Å². The molecule has 0 saturated heterocycles. The minimum atomic E-state index is -0.504. The summed E-state index contributed by atoms with van der Waals surface area (Å²) in [6, 6.07) is 17.7. The Kier molecular flexibility index (Phi) is 6.49. The van der Waals surface area contributed by atoms with E-state index in [1.807, 2.05) is 30.3 Å². The minimum Gasteiger partial charge on any atom is -0.274 e. The zero-order valence-corrected chi connectivity index (χ0v) is 16.3. The van der Waals surface area contributed by atoms with E-state index in [0.717, 1.165) is 0 Å². The van der Waals surface area contributed by atoms with Crippen LogP contribution in [0.5, 0.6) is 0 Å². The molecule has 1 heterocycles. The second-order valence-electron chi connectivity index (χ2n) is 5.89. The normalized spacial score (nSPS) is 10.5. The SMILES string of the molecule is CC(=O)N(c1ccccc1)c1nc(/C=C/C(=O)NNC(=O)c2ccccc2)cs1. The number of thiazole rings is 1. The van der Waals surface area contributed by atoms with Crippen LogP contribution in [0.2, 0.25) is 0 Å². The van der Waals surface area contributed by atoms with Crippen molar-refractivity contribution in [2.75, 3.05) is 4.90 Å². The Morgan fingerprint density at radius 2 is 1.62 bits per heavy atom. The second-order valence-corrected chi connectivity index (χ2v) is 6.72. The third-order valence-corrected chi connectivity index (χ3v) is 4.62. The summed E-state index contributed by atoms with van der Waals surface area (Å²) in [7, 11) is 0. The van der Waals surface area contributed by atoms with Crippen LogP contribution >= 0.6 is 11.3 Å². The van der Waals surface area contributed by atoms with Gasteiger partial charge in [-0.15, -0.1) is 11.3 Å². The molecule has 2 N–H and O–H groups in total. The standard InChI is InChI=1S/C21H18N4O3S/c1-15(26)25(18-10-6-3-7-11-18)21-22-17(14-29-21)12-13-19(27)23-24-20(28)16-8-4-2-5-9-16/h2-14H,1H3,(H,23,27)(H,24,28)/b13-12+. The fraction of sp³-hybridized carbons (Fsp3) is 0.0476. The number of aromatic nitrogens is 1. The van der Waals surface area contributed by atoms with Gasteiger partial charge in [0.05, 0.1) is 11.4 Å². The number of hydrazine groups is 1. The minimum absolute atomic E-state index is 0.164. The monoisotopic (exact) mass is 406 g/mol. The number of rotatable bonds is 5. The number of hydrogen-bond acceptors (Lipinski definition) is 5. The Morgan fingerprint density at radius 1 is 0.966 bits per heavy atom. The van der Waals surface area contributed by atoms with Gasteiger partial charge < -0.3 is 0 Å². The quantitative estimate of drug-likeness (QED) is 0.502. The summed E-state index contributed by atoms with van der Waals surface area (Å²) in [6.07, 6.45) is 2.76. The molecule has 0 aliphatic rings. The van der Waals surface area contributed by atoms with Crippen LogP contribution in [0, 0.1) is 0 Å². The second kappa shape index (κ2) is 9.43. The van der Waals surface area contributed by atoms with Crippen molar-refractivity contribution < 1.29 is 14.4 Å². The largest absolute Gasteiger partial charge is 0.274 e. The molecule has 3 rings (SSSR count).